The zero-order chi connectivity index (χ0) is 17.8. The maximum atomic E-state index is 12.8. The van der Waals surface area contributed by atoms with Crippen molar-refractivity contribution < 1.29 is 14.3 Å². The summed E-state index contributed by atoms with van der Waals surface area (Å²) < 4.78 is 11.4. The second-order valence-electron chi connectivity index (χ2n) is 7.40. The van der Waals surface area contributed by atoms with Crippen LogP contribution in [-0.4, -0.2) is 50.8 Å². The Morgan fingerprint density at radius 1 is 1.32 bits per heavy atom. The molecule has 2 atom stereocenters. The van der Waals surface area contributed by atoms with E-state index in [1.165, 1.54) is 0 Å². The summed E-state index contributed by atoms with van der Waals surface area (Å²) in [5.74, 6) is 1.42. The number of aryl methyl sites for hydroxylation is 1. The Balaban J connectivity index is 1.59. The summed E-state index contributed by atoms with van der Waals surface area (Å²) in [5, 5.41) is 3.10. The van der Waals surface area contributed by atoms with Crippen LogP contribution in [0.2, 0.25) is 0 Å². The van der Waals surface area contributed by atoms with Gasteiger partial charge >= 0.3 is 0 Å². The molecule has 0 aliphatic carbocycles. The number of nitrogens with one attached hydrogen (secondary N) is 1. The number of methoxy groups -OCH3 is 1. The summed E-state index contributed by atoms with van der Waals surface area (Å²) in [5.41, 5.74) is 2.16. The van der Waals surface area contributed by atoms with Gasteiger partial charge in [0.25, 0.3) is 0 Å². The fourth-order valence-corrected chi connectivity index (χ4v) is 4.02. The Morgan fingerprint density at radius 3 is 2.80 bits per heavy atom. The van der Waals surface area contributed by atoms with Crippen molar-refractivity contribution >= 4 is 5.91 Å². The van der Waals surface area contributed by atoms with Crippen molar-refractivity contribution in [2.45, 2.75) is 38.8 Å². The third-order valence-electron chi connectivity index (χ3n) is 5.60. The normalized spacial score (nSPS) is 25.1. The van der Waals surface area contributed by atoms with Gasteiger partial charge in [0.1, 0.15) is 5.75 Å². The number of likely N-dealkylation sites (tertiary alicyclic amines) is 1. The molecular weight excluding hydrogens is 316 g/mol. The number of rotatable bonds is 5. The first-order chi connectivity index (χ1) is 12.1. The van der Waals surface area contributed by atoms with E-state index < -0.39 is 0 Å². The molecule has 2 fully saturated rings. The lowest BCUT2D eigenvalue weighted by atomic mass is 9.84. The maximum absolute atomic E-state index is 12.8. The molecule has 3 rings (SSSR count). The van der Waals surface area contributed by atoms with Crippen molar-refractivity contribution in [2.24, 2.45) is 11.8 Å². The van der Waals surface area contributed by atoms with Crippen molar-refractivity contribution in [3.63, 3.8) is 0 Å². The lowest BCUT2D eigenvalue weighted by Gasteiger charge is -2.34. The number of benzene rings is 1. The van der Waals surface area contributed by atoms with E-state index in [4.69, 9.17) is 9.47 Å². The third kappa shape index (κ3) is 4.33. The van der Waals surface area contributed by atoms with Gasteiger partial charge in [0.2, 0.25) is 5.91 Å². The van der Waals surface area contributed by atoms with Crippen LogP contribution in [0, 0.1) is 18.8 Å². The SMILES string of the molecule is COc1cc(C)ccc1CNC(=O)[C@H]1CCO[C@@H]1C1CCN(C)CC1. The molecule has 0 saturated carbocycles. The zero-order valence-electron chi connectivity index (χ0n) is 15.6. The Morgan fingerprint density at radius 2 is 2.08 bits per heavy atom. The van der Waals surface area contributed by atoms with E-state index in [1.54, 1.807) is 7.11 Å². The van der Waals surface area contributed by atoms with Gasteiger partial charge in [0.15, 0.2) is 0 Å². The smallest absolute Gasteiger partial charge is 0.226 e. The second kappa shape index (κ2) is 8.19. The number of hydrogen-bond donors (Lipinski definition) is 1. The van der Waals surface area contributed by atoms with Gasteiger partial charge in [-0.1, -0.05) is 12.1 Å². The van der Waals surface area contributed by atoms with Crippen LogP contribution in [-0.2, 0) is 16.1 Å². The van der Waals surface area contributed by atoms with Gasteiger partial charge in [0, 0.05) is 18.7 Å². The monoisotopic (exact) mass is 346 g/mol. The van der Waals surface area contributed by atoms with Crippen molar-refractivity contribution in [2.75, 3.05) is 33.9 Å². The van der Waals surface area contributed by atoms with Crippen molar-refractivity contribution in [1.82, 2.24) is 10.2 Å². The number of carbonyl (C=O) groups excluding carboxylic acids is 1. The summed E-state index contributed by atoms with van der Waals surface area (Å²) >= 11 is 0. The minimum absolute atomic E-state index is 0.0233. The molecule has 0 radical (unpaired) electrons. The van der Waals surface area contributed by atoms with Crippen LogP contribution < -0.4 is 10.1 Å². The van der Waals surface area contributed by atoms with Crippen LogP contribution in [0.25, 0.3) is 0 Å². The van der Waals surface area contributed by atoms with Crippen LogP contribution in [0.3, 0.4) is 0 Å². The molecule has 5 nitrogen and oxygen atoms in total. The molecule has 1 aromatic rings. The maximum Gasteiger partial charge on any atom is 0.226 e. The van der Waals surface area contributed by atoms with Gasteiger partial charge in [-0.2, -0.15) is 0 Å². The number of amides is 1. The molecule has 138 valence electrons. The molecule has 2 saturated heterocycles. The lowest BCUT2D eigenvalue weighted by molar-refractivity contribution is -0.128. The number of ether oxygens (including phenoxy) is 2. The highest BCUT2D eigenvalue weighted by molar-refractivity contribution is 5.79. The molecule has 2 aliphatic rings. The van der Waals surface area contributed by atoms with Crippen LogP contribution in [0.5, 0.6) is 5.75 Å². The lowest BCUT2D eigenvalue weighted by Crippen LogP contribution is -2.42. The molecular formula is C20H30N2O3. The average molecular weight is 346 g/mol. The Labute approximate surface area is 150 Å². The van der Waals surface area contributed by atoms with Crippen molar-refractivity contribution in [3.05, 3.63) is 29.3 Å². The Bertz CT molecular complexity index is 597. The summed E-state index contributed by atoms with van der Waals surface area (Å²) in [6, 6.07) is 6.07. The van der Waals surface area contributed by atoms with Crippen LogP contribution in [0.1, 0.15) is 30.4 Å². The standard InChI is InChI=1S/C20H30N2O3/c1-14-4-5-16(18(12-14)24-3)13-21-20(23)17-8-11-25-19(17)15-6-9-22(2)10-7-15/h4-5,12,15,17,19H,6-11,13H2,1-3H3,(H,21,23)/t17-,19+/m0/s1. The van der Waals surface area contributed by atoms with Crippen LogP contribution in [0.15, 0.2) is 18.2 Å². The van der Waals surface area contributed by atoms with E-state index in [0.717, 1.165) is 49.2 Å². The Kier molecular flexibility index (Phi) is 5.97. The second-order valence-corrected chi connectivity index (χ2v) is 7.40. The summed E-state index contributed by atoms with van der Waals surface area (Å²) in [7, 11) is 3.83. The van der Waals surface area contributed by atoms with E-state index in [-0.39, 0.29) is 17.9 Å². The summed E-state index contributed by atoms with van der Waals surface area (Å²) in [4.78, 5) is 15.1. The molecule has 1 aromatic carbocycles. The minimum Gasteiger partial charge on any atom is -0.496 e. The van der Waals surface area contributed by atoms with Gasteiger partial charge in [-0.15, -0.1) is 0 Å². The van der Waals surface area contributed by atoms with Crippen molar-refractivity contribution in [1.29, 1.82) is 0 Å². The molecule has 1 amide bonds. The zero-order valence-corrected chi connectivity index (χ0v) is 15.6. The minimum atomic E-state index is -0.0233. The highest BCUT2D eigenvalue weighted by Gasteiger charge is 2.39. The first-order valence-corrected chi connectivity index (χ1v) is 9.30. The van der Waals surface area contributed by atoms with E-state index in [9.17, 15) is 4.79 Å². The van der Waals surface area contributed by atoms with Crippen LogP contribution in [0.4, 0.5) is 0 Å². The molecule has 0 spiro atoms. The first-order valence-electron chi connectivity index (χ1n) is 9.30. The number of carbonyl (C=O) groups is 1. The topological polar surface area (TPSA) is 50.8 Å². The van der Waals surface area contributed by atoms with E-state index in [1.807, 2.05) is 25.1 Å². The molecule has 0 unspecified atom stereocenters. The predicted octanol–water partition coefficient (Wildman–Crippen LogP) is 2.37. The molecule has 1 N–H and O–H groups in total. The van der Waals surface area contributed by atoms with E-state index >= 15 is 0 Å². The van der Waals surface area contributed by atoms with Gasteiger partial charge in [-0.3, -0.25) is 4.79 Å². The largest absolute Gasteiger partial charge is 0.496 e. The van der Waals surface area contributed by atoms with E-state index in [2.05, 4.69) is 17.3 Å². The molecule has 2 heterocycles. The Hall–Kier alpha value is -1.59. The number of nitrogens with zero attached hydrogens (tertiary/aromatic N) is 1. The van der Waals surface area contributed by atoms with Crippen molar-refractivity contribution in [3.8, 4) is 5.75 Å². The van der Waals surface area contributed by atoms with E-state index in [0.29, 0.717) is 19.1 Å². The molecule has 0 bridgehead atoms. The first kappa shape index (κ1) is 18.2. The van der Waals surface area contributed by atoms with Gasteiger partial charge < -0.3 is 19.7 Å². The highest BCUT2D eigenvalue weighted by atomic mass is 16.5. The average Bonchev–Trinajstić information content (AvgIpc) is 3.10. The van der Waals surface area contributed by atoms with Gasteiger partial charge in [-0.25, -0.2) is 0 Å². The highest BCUT2D eigenvalue weighted by Crippen LogP contribution is 2.33. The summed E-state index contributed by atoms with van der Waals surface area (Å²) in [6.07, 6.45) is 3.15. The fourth-order valence-electron chi connectivity index (χ4n) is 4.02. The quantitative estimate of drug-likeness (QED) is 0.889. The third-order valence-corrected chi connectivity index (χ3v) is 5.60. The van der Waals surface area contributed by atoms with Crippen LogP contribution >= 0.6 is 0 Å². The van der Waals surface area contributed by atoms with Gasteiger partial charge in [0.05, 0.1) is 19.1 Å². The summed E-state index contributed by atoms with van der Waals surface area (Å²) in [6.45, 7) is 5.42. The number of piperidine rings is 1. The molecule has 0 aromatic heterocycles. The molecule has 5 heteroatoms. The molecule has 2 aliphatic heterocycles. The fraction of sp³-hybridized carbons (Fsp3) is 0.650. The molecule has 25 heavy (non-hydrogen) atoms. The predicted molar refractivity (Wildman–Crippen MR) is 97.6 cm³/mol. The van der Waals surface area contributed by atoms with Gasteiger partial charge in [-0.05, 0) is 63.9 Å². The number of hydrogen-bond acceptors (Lipinski definition) is 4.